The predicted octanol–water partition coefficient (Wildman–Crippen LogP) is 5.86. The van der Waals surface area contributed by atoms with E-state index in [1.54, 1.807) is 36.4 Å². The first-order valence-electron chi connectivity index (χ1n) is 14.5. The van der Waals surface area contributed by atoms with E-state index in [0.717, 1.165) is 22.4 Å². The second-order valence-corrected chi connectivity index (χ2v) is 11.1. The molecule has 4 rings (SSSR count). The lowest BCUT2D eigenvalue weighted by Gasteiger charge is -2.20. The predicted molar refractivity (Wildman–Crippen MR) is 165 cm³/mol. The van der Waals surface area contributed by atoms with E-state index < -0.39 is 30.4 Å². The zero-order chi connectivity index (χ0) is 31.8. The lowest BCUT2D eigenvalue weighted by molar-refractivity contribution is -0.139. The number of benzene rings is 3. The van der Waals surface area contributed by atoms with Crippen LogP contribution in [0, 0.1) is 17.1 Å². The van der Waals surface area contributed by atoms with Gasteiger partial charge in [-0.3, -0.25) is 9.59 Å². The summed E-state index contributed by atoms with van der Waals surface area (Å²) in [6, 6.07) is 24.4. The third-order valence-electron chi connectivity index (χ3n) is 7.44. The van der Waals surface area contributed by atoms with E-state index in [1.807, 2.05) is 48.7 Å². The molecule has 1 heterocycles. The normalized spacial score (nSPS) is 12.5. The SMILES string of the molecule is CC(C)n1c(CC[C@@H](O)C[C@@H](O)CC(=O)O)c(-c2ccc(F)cc2)c(-c2ccccc2)c1C(=O)NCc1ccc(C#N)cc1. The number of nitriles is 1. The molecule has 1 amide bonds. The maximum atomic E-state index is 14.1. The molecule has 8 nitrogen and oxygen atoms in total. The van der Waals surface area contributed by atoms with Crippen LogP contribution in [-0.2, 0) is 17.8 Å². The summed E-state index contributed by atoms with van der Waals surface area (Å²) in [5.41, 5.74) is 5.38. The van der Waals surface area contributed by atoms with E-state index in [4.69, 9.17) is 10.4 Å². The summed E-state index contributed by atoms with van der Waals surface area (Å²) in [7, 11) is 0. The molecule has 0 aliphatic carbocycles. The molecule has 0 aliphatic rings. The number of amides is 1. The Kier molecular flexibility index (Phi) is 10.7. The molecule has 0 unspecified atom stereocenters. The number of carboxylic acid groups (broad SMARTS) is 1. The summed E-state index contributed by atoms with van der Waals surface area (Å²) >= 11 is 0. The average molecular weight is 598 g/mol. The van der Waals surface area contributed by atoms with Gasteiger partial charge >= 0.3 is 5.97 Å². The second kappa shape index (κ2) is 14.6. The van der Waals surface area contributed by atoms with Crippen LogP contribution in [0.3, 0.4) is 0 Å². The Bertz CT molecular complexity index is 1620. The first-order chi connectivity index (χ1) is 21.1. The lowest BCUT2D eigenvalue weighted by atomic mass is 9.92. The van der Waals surface area contributed by atoms with Crippen molar-refractivity contribution in [3.05, 3.63) is 107 Å². The molecule has 9 heteroatoms. The topological polar surface area (TPSA) is 136 Å². The molecule has 44 heavy (non-hydrogen) atoms. The zero-order valence-electron chi connectivity index (χ0n) is 24.7. The highest BCUT2D eigenvalue weighted by Gasteiger charge is 2.30. The number of halogens is 1. The van der Waals surface area contributed by atoms with Crippen LogP contribution in [-0.4, -0.2) is 44.0 Å². The van der Waals surface area contributed by atoms with Crippen LogP contribution >= 0.6 is 0 Å². The molecule has 0 fully saturated rings. The molecule has 0 bridgehead atoms. The van der Waals surface area contributed by atoms with Crippen LogP contribution < -0.4 is 5.32 Å². The van der Waals surface area contributed by atoms with Gasteiger partial charge in [0, 0.05) is 29.4 Å². The Labute approximate surface area is 256 Å². The molecule has 2 atom stereocenters. The number of hydrogen-bond donors (Lipinski definition) is 4. The molecule has 4 aromatic rings. The van der Waals surface area contributed by atoms with Gasteiger partial charge in [0.1, 0.15) is 11.5 Å². The largest absolute Gasteiger partial charge is 0.481 e. The lowest BCUT2D eigenvalue weighted by Crippen LogP contribution is -2.27. The van der Waals surface area contributed by atoms with Crippen LogP contribution in [0.15, 0.2) is 78.9 Å². The van der Waals surface area contributed by atoms with Gasteiger partial charge < -0.3 is 25.2 Å². The average Bonchev–Trinajstić information content (AvgIpc) is 3.35. The molecule has 1 aromatic heterocycles. The number of nitrogens with zero attached hydrogens (tertiary/aromatic N) is 2. The van der Waals surface area contributed by atoms with Gasteiger partial charge in [-0.15, -0.1) is 0 Å². The highest BCUT2D eigenvalue weighted by molar-refractivity contribution is 6.05. The first-order valence-corrected chi connectivity index (χ1v) is 14.5. The number of carbonyl (C=O) groups excluding carboxylic acids is 1. The Morgan fingerprint density at radius 2 is 1.55 bits per heavy atom. The molecular weight excluding hydrogens is 561 g/mol. The number of nitrogens with one attached hydrogen (secondary N) is 1. The van der Waals surface area contributed by atoms with Crippen LogP contribution in [0.5, 0.6) is 0 Å². The fourth-order valence-corrected chi connectivity index (χ4v) is 5.47. The van der Waals surface area contributed by atoms with Crippen LogP contribution in [0.2, 0.25) is 0 Å². The molecule has 228 valence electrons. The highest BCUT2D eigenvalue weighted by Crippen LogP contribution is 2.42. The van der Waals surface area contributed by atoms with Gasteiger partial charge in [0.15, 0.2) is 0 Å². The molecule has 0 saturated heterocycles. The van der Waals surface area contributed by atoms with Gasteiger partial charge in [-0.1, -0.05) is 54.6 Å². The number of carboxylic acids is 1. The van der Waals surface area contributed by atoms with Crippen molar-refractivity contribution in [2.24, 2.45) is 0 Å². The first kappa shape index (κ1) is 32.1. The molecule has 0 spiro atoms. The summed E-state index contributed by atoms with van der Waals surface area (Å²) < 4.78 is 16.0. The fourth-order valence-electron chi connectivity index (χ4n) is 5.47. The standard InChI is InChI=1S/C35H36FN3O5/c1-22(2)39-30(17-16-28(40)18-29(41)19-31(42)43)32(26-12-14-27(36)15-13-26)33(25-6-4-3-5-7-25)34(39)35(44)38-21-24-10-8-23(20-37)9-11-24/h3-15,22,28-29,40-41H,16-19,21H2,1-2H3,(H,38,44)(H,42,43)/t28-,29-/m1/s1. The minimum absolute atomic E-state index is 0.107. The van der Waals surface area contributed by atoms with Crippen molar-refractivity contribution >= 4 is 11.9 Å². The number of aromatic nitrogens is 1. The number of hydrogen-bond acceptors (Lipinski definition) is 5. The second-order valence-electron chi connectivity index (χ2n) is 11.1. The Morgan fingerprint density at radius 3 is 2.14 bits per heavy atom. The van der Waals surface area contributed by atoms with Gasteiger partial charge in [-0.2, -0.15) is 5.26 Å². The Hall–Kier alpha value is -4.78. The maximum absolute atomic E-state index is 14.1. The monoisotopic (exact) mass is 597 g/mol. The van der Waals surface area contributed by atoms with Gasteiger partial charge in [-0.25, -0.2) is 4.39 Å². The summed E-state index contributed by atoms with van der Waals surface area (Å²) in [6.07, 6.45) is -2.27. The molecule has 0 radical (unpaired) electrons. The van der Waals surface area contributed by atoms with Crippen LogP contribution in [0.1, 0.15) is 66.5 Å². The van der Waals surface area contributed by atoms with Gasteiger partial charge in [0.25, 0.3) is 5.91 Å². The molecule has 0 saturated carbocycles. The third-order valence-corrected chi connectivity index (χ3v) is 7.44. The van der Waals surface area contributed by atoms with E-state index in [0.29, 0.717) is 28.8 Å². The third kappa shape index (κ3) is 7.78. The number of rotatable bonds is 13. The highest BCUT2D eigenvalue weighted by atomic mass is 19.1. The summed E-state index contributed by atoms with van der Waals surface area (Å²) in [5.74, 6) is -1.88. The number of aliphatic hydroxyl groups excluding tert-OH is 2. The summed E-state index contributed by atoms with van der Waals surface area (Å²) in [4.78, 5) is 25.1. The maximum Gasteiger partial charge on any atom is 0.305 e. The molecule has 3 aromatic carbocycles. The van der Waals surface area contributed by atoms with E-state index in [2.05, 4.69) is 11.4 Å². The zero-order valence-corrected chi connectivity index (χ0v) is 24.7. The quantitative estimate of drug-likeness (QED) is 0.152. The number of aliphatic carboxylic acids is 1. The fraction of sp³-hybridized carbons (Fsp3) is 0.286. The molecule has 4 N–H and O–H groups in total. The van der Waals surface area contributed by atoms with Crippen molar-refractivity contribution in [2.75, 3.05) is 0 Å². The van der Waals surface area contributed by atoms with Gasteiger partial charge in [0.05, 0.1) is 30.3 Å². The van der Waals surface area contributed by atoms with Crippen LogP contribution in [0.25, 0.3) is 22.3 Å². The minimum atomic E-state index is -1.20. The van der Waals surface area contributed by atoms with Crippen molar-refractivity contribution in [3.8, 4) is 28.3 Å². The van der Waals surface area contributed by atoms with Gasteiger partial charge in [0.2, 0.25) is 0 Å². The van der Waals surface area contributed by atoms with E-state index in [-0.39, 0.29) is 31.3 Å². The van der Waals surface area contributed by atoms with E-state index >= 15 is 0 Å². The Morgan fingerprint density at radius 1 is 0.909 bits per heavy atom. The van der Waals surface area contributed by atoms with Crippen molar-refractivity contribution in [2.45, 2.75) is 64.3 Å². The molecular formula is C35H36FN3O5. The number of carbonyl (C=O) groups is 2. The van der Waals surface area contributed by atoms with Crippen molar-refractivity contribution in [3.63, 3.8) is 0 Å². The van der Waals surface area contributed by atoms with E-state index in [9.17, 15) is 24.2 Å². The molecule has 0 aliphatic heterocycles. The minimum Gasteiger partial charge on any atom is -0.481 e. The van der Waals surface area contributed by atoms with E-state index in [1.165, 1.54) is 12.1 Å². The Balaban J connectivity index is 1.83. The van der Waals surface area contributed by atoms with Crippen molar-refractivity contribution < 1.29 is 29.3 Å². The van der Waals surface area contributed by atoms with Gasteiger partial charge in [-0.05, 0) is 74.1 Å². The number of aliphatic hydroxyl groups is 2. The van der Waals surface area contributed by atoms with Crippen molar-refractivity contribution in [1.29, 1.82) is 5.26 Å². The van der Waals surface area contributed by atoms with Crippen LogP contribution in [0.4, 0.5) is 4.39 Å². The summed E-state index contributed by atoms with van der Waals surface area (Å²) in [6.45, 7) is 4.14. The smallest absolute Gasteiger partial charge is 0.305 e. The summed E-state index contributed by atoms with van der Waals surface area (Å²) in [5, 5.41) is 42.0. The van der Waals surface area contributed by atoms with Crippen molar-refractivity contribution in [1.82, 2.24) is 9.88 Å².